The molecule has 1 heterocycles. The SMILES string of the molecule is CCS(=O)(=O)N(C)CC(=O)N1CC(C(=O)OC)Oc2ccccc21. The highest BCUT2D eigenvalue weighted by molar-refractivity contribution is 7.89. The highest BCUT2D eigenvalue weighted by atomic mass is 32.2. The van der Waals surface area contributed by atoms with Crippen LogP contribution in [0, 0.1) is 0 Å². The highest BCUT2D eigenvalue weighted by Gasteiger charge is 2.35. The summed E-state index contributed by atoms with van der Waals surface area (Å²) >= 11 is 0. The molecule has 1 unspecified atom stereocenters. The quantitative estimate of drug-likeness (QED) is 0.702. The number of carbonyl (C=O) groups is 2. The number of para-hydroxylation sites is 2. The number of hydrogen-bond acceptors (Lipinski definition) is 6. The van der Waals surface area contributed by atoms with E-state index >= 15 is 0 Å². The van der Waals surface area contributed by atoms with E-state index in [-0.39, 0.29) is 18.8 Å². The number of esters is 1. The zero-order valence-corrected chi connectivity index (χ0v) is 14.6. The Bertz CT molecular complexity index is 733. The molecule has 0 fully saturated rings. The molecule has 2 rings (SSSR count). The van der Waals surface area contributed by atoms with Gasteiger partial charge in [0, 0.05) is 7.05 Å². The number of amides is 1. The number of hydrogen-bond donors (Lipinski definition) is 0. The van der Waals surface area contributed by atoms with Crippen molar-refractivity contribution in [1.29, 1.82) is 0 Å². The number of anilines is 1. The van der Waals surface area contributed by atoms with Gasteiger partial charge in [-0.15, -0.1) is 0 Å². The molecule has 0 saturated carbocycles. The fourth-order valence-electron chi connectivity index (χ4n) is 2.32. The van der Waals surface area contributed by atoms with Gasteiger partial charge in [-0.25, -0.2) is 13.2 Å². The minimum atomic E-state index is -3.48. The molecule has 0 saturated heterocycles. The van der Waals surface area contributed by atoms with Crippen molar-refractivity contribution in [2.75, 3.05) is 37.9 Å². The van der Waals surface area contributed by atoms with Gasteiger partial charge in [0.05, 0.1) is 31.6 Å². The summed E-state index contributed by atoms with van der Waals surface area (Å²) < 4.78 is 34.9. The second-order valence-electron chi connectivity index (χ2n) is 5.26. The van der Waals surface area contributed by atoms with Gasteiger partial charge in [-0.2, -0.15) is 4.31 Å². The van der Waals surface area contributed by atoms with Gasteiger partial charge in [-0.1, -0.05) is 12.1 Å². The van der Waals surface area contributed by atoms with Crippen LogP contribution < -0.4 is 9.64 Å². The molecule has 9 heteroatoms. The maximum absolute atomic E-state index is 12.6. The van der Waals surface area contributed by atoms with Gasteiger partial charge in [-0.3, -0.25) is 4.79 Å². The number of rotatable bonds is 5. The third kappa shape index (κ3) is 3.68. The summed E-state index contributed by atoms with van der Waals surface area (Å²) in [5.41, 5.74) is 0.491. The van der Waals surface area contributed by atoms with E-state index in [1.165, 1.54) is 26.0 Å². The van der Waals surface area contributed by atoms with Crippen LogP contribution in [-0.4, -0.2) is 63.7 Å². The first kappa shape index (κ1) is 18.2. The zero-order valence-electron chi connectivity index (χ0n) is 13.8. The summed E-state index contributed by atoms with van der Waals surface area (Å²) in [7, 11) is -0.897. The number of nitrogens with zero attached hydrogens (tertiary/aromatic N) is 2. The largest absolute Gasteiger partial charge is 0.475 e. The molecule has 1 aliphatic heterocycles. The molecule has 1 amide bonds. The molecule has 0 radical (unpaired) electrons. The molecular formula is C15H20N2O6S. The van der Waals surface area contributed by atoms with Crippen molar-refractivity contribution in [2.45, 2.75) is 13.0 Å². The fourth-order valence-corrected chi connectivity index (χ4v) is 3.07. The standard InChI is InChI=1S/C15H20N2O6S/c1-4-24(20,21)16(2)10-14(18)17-9-13(15(19)22-3)23-12-8-6-5-7-11(12)17/h5-8,13H,4,9-10H2,1-3H3. The molecule has 0 aliphatic carbocycles. The lowest BCUT2D eigenvalue weighted by Gasteiger charge is -2.34. The number of methoxy groups -OCH3 is 1. The van der Waals surface area contributed by atoms with Crippen LogP contribution in [0.5, 0.6) is 5.75 Å². The predicted octanol–water partition coefficient (Wildman–Crippen LogP) is 0.235. The van der Waals surface area contributed by atoms with Gasteiger partial charge >= 0.3 is 5.97 Å². The van der Waals surface area contributed by atoms with E-state index in [0.717, 1.165) is 4.31 Å². The summed E-state index contributed by atoms with van der Waals surface area (Å²) in [6.45, 7) is 1.15. The molecule has 0 spiro atoms. The Morgan fingerprint density at radius 3 is 2.67 bits per heavy atom. The second-order valence-corrected chi connectivity index (χ2v) is 7.62. The number of carbonyl (C=O) groups excluding carboxylic acids is 2. The monoisotopic (exact) mass is 356 g/mol. The summed E-state index contributed by atoms with van der Waals surface area (Å²) in [5, 5.41) is 0. The lowest BCUT2D eigenvalue weighted by molar-refractivity contribution is -0.148. The Labute approximate surface area is 141 Å². The van der Waals surface area contributed by atoms with E-state index in [9.17, 15) is 18.0 Å². The van der Waals surface area contributed by atoms with Crippen LogP contribution in [-0.2, 0) is 24.3 Å². The number of fused-ring (bicyclic) bond motifs is 1. The van der Waals surface area contributed by atoms with E-state index in [1.807, 2.05) is 0 Å². The Morgan fingerprint density at radius 2 is 2.04 bits per heavy atom. The van der Waals surface area contributed by atoms with Crippen LogP contribution in [0.3, 0.4) is 0 Å². The van der Waals surface area contributed by atoms with Crippen LogP contribution in [0.2, 0.25) is 0 Å². The maximum atomic E-state index is 12.6. The van der Waals surface area contributed by atoms with E-state index < -0.39 is 28.0 Å². The van der Waals surface area contributed by atoms with E-state index in [2.05, 4.69) is 4.74 Å². The average Bonchev–Trinajstić information content (AvgIpc) is 2.59. The van der Waals surface area contributed by atoms with Gasteiger partial charge < -0.3 is 14.4 Å². The normalized spacial score (nSPS) is 17.2. The van der Waals surface area contributed by atoms with E-state index in [4.69, 9.17) is 4.74 Å². The van der Waals surface area contributed by atoms with Crippen molar-refractivity contribution in [3.05, 3.63) is 24.3 Å². The van der Waals surface area contributed by atoms with Crippen molar-refractivity contribution in [1.82, 2.24) is 4.31 Å². The summed E-state index contributed by atoms with van der Waals surface area (Å²) in [5.74, 6) is -0.772. The first-order valence-corrected chi connectivity index (χ1v) is 8.99. The van der Waals surface area contributed by atoms with Crippen molar-refractivity contribution < 1.29 is 27.5 Å². The average molecular weight is 356 g/mol. The Hall–Kier alpha value is -2.13. The van der Waals surface area contributed by atoms with Crippen molar-refractivity contribution >= 4 is 27.6 Å². The molecule has 1 aromatic carbocycles. The van der Waals surface area contributed by atoms with Crippen LogP contribution in [0.1, 0.15) is 6.92 Å². The molecule has 1 aromatic rings. The molecule has 132 valence electrons. The first-order valence-electron chi connectivity index (χ1n) is 7.38. The topological polar surface area (TPSA) is 93.2 Å². The number of sulfonamides is 1. The van der Waals surface area contributed by atoms with Crippen molar-refractivity contribution in [2.24, 2.45) is 0 Å². The number of benzene rings is 1. The van der Waals surface area contributed by atoms with Gasteiger partial charge in [0.1, 0.15) is 5.75 Å². The number of ether oxygens (including phenoxy) is 2. The fraction of sp³-hybridized carbons (Fsp3) is 0.467. The van der Waals surface area contributed by atoms with Crippen LogP contribution >= 0.6 is 0 Å². The Morgan fingerprint density at radius 1 is 1.38 bits per heavy atom. The molecule has 0 bridgehead atoms. The molecule has 8 nitrogen and oxygen atoms in total. The van der Waals surface area contributed by atoms with Crippen molar-refractivity contribution in [3.63, 3.8) is 0 Å². The minimum Gasteiger partial charge on any atom is -0.475 e. The minimum absolute atomic E-state index is 0.0392. The van der Waals surface area contributed by atoms with Gasteiger partial charge in [0.25, 0.3) is 0 Å². The Balaban J connectivity index is 2.27. The van der Waals surface area contributed by atoms with E-state index in [0.29, 0.717) is 11.4 Å². The summed E-state index contributed by atoms with van der Waals surface area (Å²) in [4.78, 5) is 25.7. The summed E-state index contributed by atoms with van der Waals surface area (Å²) in [6.07, 6.45) is -0.957. The highest BCUT2D eigenvalue weighted by Crippen LogP contribution is 2.33. The predicted molar refractivity (Wildman–Crippen MR) is 87.3 cm³/mol. The van der Waals surface area contributed by atoms with Crippen LogP contribution in [0.25, 0.3) is 0 Å². The lowest BCUT2D eigenvalue weighted by Crippen LogP contribution is -2.50. The molecule has 24 heavy (non-hydrogen) atoms. The maximum Gasteiger partial charge on any atom is 0.348 e. The van der Waals surface area contributed by atoms with Crippen LogP contribution in [0.4, 0.5) is 5.69 Å². The molecule has 1 atom stereocenters. The first-order chi connectivity index (χ1) is 11.3. The summed E-state index contributed by atoms with van der Waals surface area (Å²) in [6, 6.07) is 6.76. The van der Waals surface area contributed by atoms with Gasteiger partial charge in [0.15, 0.2) is 0 Å². The third-order valence-electron chi connectivity index (χ3n) is 3.74. The lowest BCUT2D eigenvalue weighted by atomic mass is 10.2. The second kappa shape index (κ2) is 7.18. The molecule has 1 aliphatic rings. The Kier molecular flexibility index (Phi) is 5.45. The number of likely N-dealkylation sites (N-methyl/N-ethyl adjacent to an activating group) is 1. The van der Waals surface area contributed by atoms with Crippen molar-refractivity contribution in [3.8, 4) is 5.75 Å². The van der Waals surface area contributed by atoms with Gasteiger partial charge in [0.2, 0.25) is 22.0 Å². The molecule has 0 N–H and O–H groups in total. The van der Waals surface area contributed by atoms with Gasteiger partial charge in [-0.05, 0) is 19.1 Å². The van der Waals surface area contributed by atoms with E-state index in [1.54, 1.807) is 24.3 Å². The smallest absolute Gasteiger partial charge is 0.348 e. The molecular weight excluding hydrogens is 336 g/mol. The molecule has 0 aromatic heterocycles. The van der Waals surface area contributed by atoms with Crippen LogP contribution in [0.15, 0.2) is 24.3 Å². The zero-order chi connectivity index (χ0) is 17.9. The third-order valence-corrected chi connectivity index (χ3v) is 5.54.